The predicted molar refractivity (Wildman–Crippen MR) is 80.3 cm³/mol. The fourth-order valence-electron chi connectivity index (χ4n) is 3.09. The Bertz CT molecular complexity index is 386. The van der Waals surface area contributed by atoms with Crippen LogP contribution in [-0.2, 0) is 6.42 Å². The Hall–Kier alpha value is -0.860. The van der Waals surface area contributed by atoms with E-state index in [-0.39, 0.29) is 0 Å². The van der Waals surface area contributed by atoms with Crippen molar-refractivity contribution in [2.45, 2.75) is 44.2 Å². The highest BCUT2D eigenvalue weighted by Crippen LogP contribution is 2.32. The summed E-state index contributed by atoms with van der Waals surface area (Å²) in [4.78, 5) is 2.58. The first-order chi connectivity index (χ1) is 9.33. The molecule has 0 spiro atoms. The lowest BCUT2D eigenvalue weighted by atomic mass is 9.78. The molecule has 0 bridgehead atoms. The maximum Gasteiger partial charge on any atom is 0.0133 e. The number of hydrogen-bond acceptors (Lipinski definition) is 2. The molecular formula is C17H26N2. The summed E-state index contributed by atoms with van der Waals surface area (Å²) in [5, 5.41) is 3.69. The smallest absolute Gasteiger partial charge is 0.0133 e. The van der Waals surface area contributed by atoms with Crippen LogP contribution in [0.1, 0.15) is 31.2 Å². The molecule has 2 atom stereocenters. The molecule has 0 aromatic heterocycles. The minimum absolute atomic E-state index is 0.815. The van der Waals surface area contributed by atoms with E-state index in [4.69, 9.17) is 0 Å². The van der Waals surface area contributed by atoms with E-state index in [1.54, 1.807) is 0 Å². The topological polar surface area (TPSA) is 15.3 Å². The van der Waals surface area contributed by atoms with Gasteiger partial charge in [-0.25, -0.2) is 0 Å². The highest BCUT2D eigenvalue weighted by molar-refractivity contribution is 5.14. The zero-order chi connectivity index (χ0) is 13.1. The SMILES string of the molecule is CN(CCc1ccccc1)C1CCC1CNC1CC1. The third-order valence-corrected chi connectivity index (χ3v) is 4.79. The first-order valence-corrected chi connectivity index (χ1v) is 7.80. The fourth-order valence-corrected chi connectivity index (χ4v) is 3.09. The van der Waals surface area contributed by atoms with Gasteiger partial charge in [0, 0.05) is 18.6 Å². The minimum atomic E-state index is 0.815. The molecule has 1 N–H and O–H groups in total. The van der Waals surface area contributed by atoms with Crippen LogP contribution in [0.5, 0.6) is 0 Å². The molecule has 3 rings (SSSR count). The normalized spacial score (nSPS) is 26.4. The lowest BCUT2D eigenvalue weighted by Gasteiger charge is -2.43. The fraction of sp³-hybridized carbons (Fsp3) is 0.647. The molecule has 2 saturated carbocycles. The van der Waals surface area contributed by atoms with Crippen molar-refractivity contribution in [3.63, 3.8) is 0 Å². The second-order valence-electron chi connectivity index (χ2n) is 6.30. The Labute approximate surface area is 117 Å². The zero-order valence-electron chi connectivity index (χ0n) is 12.0. The molecular weight excluding hydrogens is 232 g/mol. The summed E-state index contributed by atoms with van der Waals surface area (Å²) in [5.41, 5.74) is 1.46. The van der Waals surface area contributed by atoms with E-state index < -0.39 is 0 Å². The van der Waals surface area contributed by atoms with Gasteiger partial charge in [-0.05, 0) is 57.2 Å². The monoisotopic (exact) mass is 258 g/mol. The van der Waals surface area contributed by atoms with Crippen molar-refractivity contribution in [2.75, 3.05) is 20.1 Å². The van der Waals surface area contributed by atoms with Gasteiger partial charge in [-0.15, -0.1) is 0 Å². The maximum atomic E-state index is 3.69. The van der Waals surface area contributed by atoms with Crippen molar-refractivity contribution in [3.05, 3.63) is 35.9 Å². The van der Waals surface area contributed by atoms with E-state index in [1.165, 1.54) is 50.8 Å². The number of nitrogens with one attached hydrogen (secondary N) is 1. The summed E-state index contributed by atoms with van der Waals surface area (Å²) >= 11 is 0. The number of hydrogen-bond donors (Lipinski definition) is 1. The van der Waals surface area contributed by atoms with Crippen LogP contribution in [0.2, 0.25) is 0 Å². The standard InChI is InChI=1S/C17H26N2/c1-19(12-11-14-5-3-2-4-6-14)17-10-7-15(17)13-18-16-8-9-16/h2-6,15-18H,7-13H2,1H3. The van der Waals surface area contributed by atoms with Gasteiger partial charge in [-0.3, -0.25) is 0 Å². The molecule has 1 aromatic rings. The van der Waals surface area contributed by atoms with Gasteiger partial charge in [0.2, 0.25) is 0 Å². The molecule has 19 heavy (non-hydrogen) atoms. The van der Waals surface area contributed by atoms with Crippen LogP contribution in [0.3, 0.4) is 0 Å². The third-order valence-electron chi connectivity index (χ3n) is 4.79. The van der Waals surface area contributed by atoms with Crippen molar-refractivity contribution in [2.24, 2.45) is 5.92 Å². The Balaban J connectivity index is 1.40. The molecule has 2 aliphatic rings. The molecule has 0 radical (unpaired) electrons. The van der Waals surface area contributed by atoms with Crippen LogP contribution < -0.4 is 5.32 Å². The van der Waals surface area contributed by atoms with E-state index >= 15 is 0 Å². The average Bonchev–Trinajstić information content (AvgIpc) is 3.21. The van der Waals surface area contributed by atoms with Gasteiger partial charge < -0.3 is 10.2 Å². The highest BCUT2D eigenvalue weighted by atomic mass is 15.1. The summed E-state index contributed by atoms with van der Waals surface area (Å²) in [7, 11) is 2.30. The lowest BCUT2D eigenvalue weighted by Crippen LogP contribution is -2.49. The van der Waals surface area contributed by atoms with Crippen LogP contribution in [0.25, 0.3) is 0 Å². The van der Waals surface area contributed by atoms with Crippen molar-refractivity contribution in [1.29, 1.82) is 0 Å². The minimum Gasteiger partial charge on any atom is -0.314 e. The first kappa shape index (κ1) is 13.1. The Morgan fingerprint density at radius 3 is 2.53 bits per heavy atom. The molecule has 2 fully saturated rings. The van der Waals surface area contributed by atoms with Crippen LogP contribution >= 0.6 is 0 Å². The second kappa shape index (κ2) is 6.06. The predicted octanol–water partition coefficient (Wildman–Crippen LogP) is 2.69. The summed E-state index contributed by atoms with van der Waals surface area (Å²) in [5.74, 6) is 0.890. The molecule has 2 aliphatic carbocycles. The van der Waals surface area contributed by atoms with E-state index in [1.807, 2.05) is 0 Å². The third kappa shape index (κ3) is 3.58. The Morgan fingerprint density at radius 2 is 1.89 bits per heavy atom. The van der Waals surface area contributed by atoms with Gasteiger partial charge in [-0.2, -0.15) is 0 Å². The molecule has 2 unspecified atom stereocenters. The second-order valence-corrected chi connectivity index (χ2v) is 6.30. The van der Waals surface area contributed by atoms with Crippen LogP contribution in [-0.4, -0.2) is 37.1 Å². The van der Waals surface area contributed by atoms with Crippen LogP contribution in [0.15, 0.2) is 30.3 Å². The molecule has 1 aromatic carbocycles. The van der Waals surface area contributed by atoms with Gasteiger partial charge in [0.1, 0.15) is 0 Å². The van der Waals surface area contributed by atoms with Crippen LogP contribution in [0.4, 0.5) is 0 Å². The number of nitrogens with zero attached hydrogens (tertiary/aromatic N) is 1. The number of benzene rings is 1. The average molecular weight is 258 g/mol. The van der Waals surface area contributed by atoms with E-state index in [0.29, 0.717) is 0 Å². The highest BCUT2D eigenvalue weighted by Gasteiger charge is 2.34. The van der Waals surface area contributed by atoms with Crippen molar-refractivity contribution < 1.29 is 0 Å². The zero-order valence-corrected chi connectivity index (χ0v) is 12.0. The number of likely N-dealkylation sites (N-methyl/N-ethyl adjacent to an activating group) is 1. The van der Waals surface area contributed by atoms with Gasteiger partial charge in [-0.1, -0.05) is 30.3 Å². The van der Waals surface area contributed by atoms with Crippen LogP contribution in [0, 0.1) is 5.92 Å². The molecule has 2 heteroatoms. The molecule has 0 heterocycles. The lowest BCUT2D eigenvalue weighted by molar-refractivity contribution is 0.0845. The van der Waals surface area contributed by atoms with Crippen molar-refractivity contribution in [3.8, 4) is 0 Å². The van der Waals surface area contributed by atoms with Gasteiger partial charge in [0.15, 0.2) is 0 Å². The Morgan fingerprint density at radius 1 is 1.11 bits per heavy atom. The van der Waals surface area contributed by atoms with E-state index in [0.717, 1.165) is 18.0 Å². The van der Waals surface area contributed by atoms with Gasteiger partial charge in [0.05, 0.1) is 0 Å². The molecule has 104 valence electrons. The first-order valence-electron chi connectivity index (χ1n) is 7.80. The molecule has 2 nitrogen and oxygen atoms in total. The largest absolute Gasteiger partial charge is 0.314 e. The summed E-state index contributed by atoms with van der Waals surface area (Å²) < 4.78 is 0. The Kier molecular flexibility index (Phi) is 4.19. The maximum absolute atomic E-state index is 3.69. The van der Waals surface area contributed by atoms with Crippen molar-refractivity contribution in [1.82, 2.24) is 10.2 Å². The van der Waals surface area contributed by atoms with Gasteiger partial charge >= 0.3 is 0 Å². The molecule has 0 aliphatic heterocycles. The molecule has 0 amide bonds. The quantitative estimate of drug-likeness (QED) is 0.809. The van der Waals surface area contributed by atoms with E-state index in [9.17, 15) is 0 Å². The summed E-state index contributed by atoms with van der Waals surface area (Å²) in [6, 6.07) is 12.5. The van der Waals surface area contributed by atoms with Crippen molar-refractivity contribution >= 4 is 0 Å². The van der Waals surface area contributed by atoms with Gasteiger partial charge in [0.25, 0.3) is 0 Å². The van der Waals surface area contributed by atoms with E-state index in [2.05, 4.69) is 47.6 Å². The number of rotatable bonds is 7. The summed E-state index contributed by atoms with van der Waals surface area (Å²) in [6.07, 6.45) is 6.79. The molecule has 0 saturated heterocycles. The summed E-state index contributed by atoms with van der Waals surface area (Å²) in [6.45, 7) is 2.43.